The first-order chi connectivity index (χ1) is 8.74. The summed E-state index contributed by atoms with van der Waals surface area (Å²) in [6.45, 7) is 4.78. The lowest BCUT2D eigenvalue weighted by molar-refractivity contribution is -0.389. The molecule has 108 valence electrons. The van der Waals surface area contributed by atoms with Crippen LogP contribution >= 0.6 is 0 Å². The Morgan fingerprint density at radius 2 is 2.21 bits per heavy atom. The number of hydrogen-bond acceptors (Lipinski definition) is 6. The molecule has 1 aromatic heterocycles. The minimum absolute atomic E-state index is 0.249. The van der Waals surface area contributed by atoms with E-state index in [0.717, 1.165) is 16.8 Å². The smallest absolute Gasteiger partial charge is 0.219 e. The van der Waals surface area contributed by atoms with Gasteiger partial charge in [0.05, 0.1) is 17.7 Å². The number of rotatable bonds is 2. The van der Waals surface area contributed by atoms with Gasteiger partial charge in [-0.2, -0.15) is 0 Å². The van der Waals surface area contributed by atoms with Gasteiger partial charge in [-0.25, -0.2) is 13.4 Å². The Labute approximate surface area is 110 Å². The molecule has 3 N–H and O–H groups in total. The Bertz CT molecular complexity index is 533. The summed E-state index contributed by atoms with van der Waals surface area (Å²) in [5.41, 5.74) is 2.47. The van der Waals surface area contributed by atoms with E-state index >= 15 is 0 Å². The van der Waals surface area contributed by atoms with Crippen molar-refractivity contribution in [2.45, 2.75) is 26.7 Å². The minimum atomic E-state index is -4.92. The standard InChI is InChI=1S/C10H13NO3.H2O4S/c1-3-13-10-8-7(5-14-10)4-11-6(2)9(8)12;1-5(2,3)4/h4,10,12H,3,5H2,1-2H3;(H2,1,2,3,4). The van der Waals surface area contributed by atoms with Crippen molar-refractivity contribution in [3.05, 3.63) is 23.0 Å². The Hall–Kier alpha value is -1.26. The number of aryl methyl sites for hydroxylation is 1. The van der Waals surface area contributed by atoms with E-state index in [1.807, 2.05) is 20.0 Å². The molecule has 1 unspecified atom stereocenters. The van der Waals surface area contributed by atoms with Crippen LogP contribution in [0, 0.1) is 6.92 Å². The Morgan fingerprint density at radius 1 is 1.63 bits per heavy atom. The highest BCUT2D eigenvalue weighted by atomic mass is 32.3. The zero-order chi connectivity index (χ0) is 14.6. The second kappa shape index (κ2) is 6.26. The van der Waals surface area contributed by atoms with Gasteiger partial charge in [-0.1, -0.05) is 0 Å². The van der Waals surface area contributed by atoms with Crippen LogP contribution in [0.15, 0.2) is 6.20 Å². The molecule has 1 aliphatic rings. The number of aromatic nitrogens is 1. The molecule has 0 aliphatic carbocycles. The Balaban J connectivity index is 0.000000312. The lowest BCUT2D eigenvalue weighted by Crippen LogP contribution is -2.10. The maximum Gasteiger partial charge on any atom is 0.219 e. The maximum absolute atomic E-state index is 9.82. The molecule has 2 rings (SSSR count). The molecule has 19 heavy (non-hydrogen) atoms. The fraction of sp³-hybridized carbons (Fsp3) is 0.500. The predicted molar refractivity (Wildman–Crippen MR) is 60.9 cm³/mol. The molecule has 9 heteroatoms. The second-order valence-corrected chi connectivity index (χ2v) is 4.58. The summed E-state index contributed by atoms with van der Waals surface area (Å²) in [5, 5.41) is 9.82. The Kier molecular flexibility index (Phi) is 5.20. The molecule has 0 amide bonds. The molecule has 1 aliphatic heterocycles. The molecule has 0 radical (unpaired) electrons. The molecular formula is C10H15NO7S. The molecule has 0 saturated heterocycles. The third-order valence-electron chi connectivity index (χ3n) is 2.36. The highest BCUT2D eigenvalue weighted by Crippen LogP contribution is 2.37. The number of fused-ring (bicyclic) bond motifs is 1. The fourth-order valence-electron chi connectivity index (χ4n) is 1.61. The second-order valence-electron chi connectivity index (χ2n) is 3.73. The van der Waals surface area contributed by atoms with Crippen LogP contribution in [0.4, 0.5) is 0 Å². The molecule has 1 aromatic rings. The van der Waals surface area contributed by atoms with E-state index in [1.165, 1.54) is 0 Å². The number of aromatic amines is 1. The molecule has 0 spiro atoms. The predicted octanol–water partition coefficient (Wildman–Crippen LogP) is 0.0846. The summed E-state index contributed by atoms with van der Waals surface area (Å²) < 4.78 is 43.6. The summed E-state index contributed by atoms with van der Waals surface area (Å²) in [5.74, 6) is 0.249. The number of nitrogens with one attached hydrogen (secondary N) is 1. The summed E-state index contributed by atoms with van der Waals surface area (Å²) in [4.78, 5) is 2.98. The van der Waals surface area contributed by atoms with Gasteiger partial charge in [0.25, 0.3) is 0 Å². The van der Waals surface area contributed by atoms with Crippen molar-refractivity contribution >= 4 is 10.4 Å². The molecule has 0 aromatic carbocycles. The van der Waals surface area contributed by atoms with E-state index in [-0.39, 0.29) is 5.75 Å². The maximum atomic E-state index is 9.82. The van der Waals surface area contributed by atoms with Gasteiger partial charge in [0.1, 0.15) is 0 Å². The van der Waals surface area contributed by atoms with E-state index < -0.39 is 16.7 Å². The van der Waals surface area contributed by atoms with Crippen LogP contribution in [0.5, 0.6) is 5.75 Å². The lowest BCUT2D eigenvalue weighted by Gasteiger charge is -2.11. The zero-order valence-corrected chi connectivity index (χ0v) is 11.2. The molecule has 2 heterocycles. The van der Waals surface area contributed by atoms with Crippen LogP contribution in [0.3, 0.4) is 0 Å². The number of ether oxygens (including phenoxy) is 2. The van der Waals surface area contributed by atoms with Gasteiger partial charge in [-0.05, 0) is 6.92 Å². The topological polar surface area (TPSA) is 130 Å². The lowest BCUT2D eigenvalue weighted by atomic mass is 10.1. The third-order valence-corrected chi connectivity index (χ3v) is 2.36. The van der Waals surface area contributed by atoms with Crippen LogP contribution in [-0.4, -0.2) is 29.2 Å². The molecular weight excluding hydrogens is 278 g/mol. The average Bonchev–Trinajstić information content (AvgIpc) is 2.66. The van der Waals surface area contributed by atoms with Crippen molar-refractivity contribution in [3.8, 4) is 5.75 Å². The van der Waals surface area contributed by atoms with E-state index in [1.54, 1.807) is 0 Å². The van der Waals surface area contributed by atoms with Gasteiger partial charge in [-0.15, -0.1) is 0 Å². The zero-order valence-electron chi connectivity index (χ0n) is 10.4. The van der Waals surface area contributed by atoms with Gasteiger partial charge in [0.15, 0.2) is 18.2 Å². The summed E-state index contributed by atoms with van der Waals surface area (Å²) in [7, 11) is -4.92. The molecule has 1 atom stereocenters. The molecule has 0 fully saturated rings. The molecule has 8 nitrogen and oxygen atoms in total. The van der Waals surface area contributed by atoms with E-state index in [0.29, 0.717) is 13.2 Å². The van der Waals surface area contributed by atoms with Crippen molar-refractivity contribution < 1.29 is 37.1 Å². The minimum Gasteiger partial charge on any atom is -0.726 e. The Morgan fingerprint density at radius 3 is 2.74 bits per heavy atom. The van der Waals surface area contributed by atoms with Crippen molar-refractivity contribution in [1.82, 2.24) is 0 Å². The summed E-state index contributed by atoms with van der Waals surface area (Å²) >= 11 is 0. The van der Waals surface area contributed by atoms with Crippen molar-refractivity contribution in [2.24, 2.45) is 0 Å². The van der Waals surface area contributed by atoms with Crippen molar-refractivity contribution in [3.63, 3.8) is 0 Å². The first-order valence-corrected chi connectivity index (χ1v) is 6.75. The van der Waals surface area contributed by atoms with Gasteiger partial charge in [-0.3, -0.25) is 4.55 Å². The quantitative estimate of drug-likeness (QED) is 0.583. The number of H-pyrrole nitrogens is 1. The summed E-state index contributed by atoms with van der Waals surface area (Å²) in [6.07, 6.45) is 1.44. The van der Waals surface area contributed by atoms with Crippen LogP contribution in [0.1, 0.15) is 30.0 Å². The van der Waals surface area contributed by atoms with Crippen molar-refractivity contribution in [1.29, 1.82) is 0 Å². The largest absolute Gasteiger partial charge is 0.726 e. The number of hydrogen-bond donors (Lipinski definition) is 2. The monoisotopic (exact) mass is 293 g/mol. The van der Waals surface area contributed by atoms with E-state index in [9.17, 15) is 5.11 Å². The summed E-state index contributed by atoms with van der Waals surface area (Å²) in [6, 6.07) is 0. The van der Waals surface area contributed by atoms with Crippen molar-refractivity contribution in [2.75, 3.05) is 6.61 Å². The average molecular weight is 293 g/mol. The SMILES string of the molecule is CCOC1OCc2c[nH+]c(C)c(O)c21.O=S(=O)([O-])O. The van der Waals surface area contributed by atoms with Gasteiger partial charge < -0.3 is 19.1 Å². The van der Waals surface area contributed by atoms with Gasteiger partial charge in [0.2, 0.25) is 16.1 Å². The number of aromatic hydroxyl groups is 1. The fourth-order valence-corrected chi connectivity index (χ4v) is 1.61. The van der Waals surface area contributed by atoms with Crippen LogP contribution in [0.25, 0.3) is 0 Å². The normalized spacial score (nSPS) is 17.6. The first-order valence-electron chi connectivity index (χ1n) is 5.38. The highest BCUT2D eigenvalue weighted by molar-refractivity contribution is 7.79. The van der Waals surface area contributed by atoms with E-state index in [2.05, 4.69) is 4.98 Å². The number of pyridine rings is 1. The highest BCUT2D eigenvalue weighted by Gasteiger charge is 2.30. The van der Waals surface area contributed by atoms with Crippen LogP contribution in [0.2, 0.25) is 0 Å². The molecule has 0 saturated carbocycles. The third kappa shape index (κ3) is 4.73. The molecule has 0 bridgehead atoms. The van der Waals surface area contributed by atoms with Crippen LogP contribution in [-0.2, 0) is 26.5 Å². The first kappa shape index (κ1) is 15.8. The van der Waals surface area contributed by atoms with E-state index in [4.69, 9.17) is 27.0 Å². The van der Waals surface area contributed by atoms with Gasteiger partial charge >= 0.3 is 0 Å². The van der Waals surface area contributed by atoms with Gasteiger partial charge in [0, 0.05) is 13.5 Å². The van der Waals surface area contributed by atoms with Crippen LogP contribution < -0.4 is 4.98 Å².